The summed E-state index contributed by atoms with van der Waals surface area (Å²) in [6.45, 7) is 0. The number of hydrogen-bond donors (Lipinski definition) is 2. The number of nitrogens with one attached hydrogen (secondary N) is 2. The Morgan fingerprint density at radius 1 is 1.16 bits per heavy atom. The Labute approximate surface area is 138 Å². The number of nitrogens with zero attached hydrogens (tertiary/aromatic N) is 1. The van der Waals surface area contributed by atoms with E-state index in [2.05, 4.69) is 15.0 Å². The molecule has 25 heavy (non-hydrogen) atoms. The minimum atomic E-state index is -4.79. The highest BCUT2D eigenvalue weighted by molar-refractivity contribution is 5.97. The van der Waals surface area contributed by atoms with Crippen molar-refractivity contribution in [1.82, 2.24) is 14.9 Å². The van der Waals surface area contributed by atoms with Crippen molar-refractivity contribution in [2.45, 2.75) is 6.36 Å². The number of rotatable bonds is 3. The number of amides is 1. The summed E-state index contributed by atoms with van der Waals surface area (Å²) in [5, 5.41) is 3.07. The van der Waals surface area contributed by atoms with Gasteiger partial charge < -0.3 is 15.0 Å². The standard InChI is InChI=1S/C16H12F3N3O3/c1-20-15(24)12-8-9-2-7-13(23)22(14(9)21-12)10-3-5-11(6-4-10)25-16(17,18)19/h2-8,21H,1H3,(H,20,24). The molecular weight excluding hydrogens is 339 g/mol. The first-order chi connectivity index (χ1) is 11.8. The highest BCUT2D eigenvalue weighted by atomic mass is 19.4. The van der Waals surface area contributed by atoms with E-state index in [1.807, 2.05) is 0 Å². The van der Waals surface area contributed by atoms with E-state index in [1.165, 1.54) is 29.8 Å². The lowest BCUT2D eigenvalue weighted by Gasteiger charge is -2.11. The molecule has 0 aliphatic rings. The quantitative estimate of drug-likeness (QED) is 0.762. The number of fused-ring (bicyclic) bond motifs is 1. The topological polar surface area (TPSA) is 76.1 Å². The van der Waals surface area contributed by atoms with Gasteiger partial charge in [-0.25, -0.2) is 0 Å². The number of carbonyl (C=O) groups excluding carboxylic acids is 1. The summed E-state index contributed by atoms with van der Waals surface area (Å²) < 4.78 is 41.8. The molecule has 0 fully saturated rings. The Kier molecular flexibility index (Phi) is 3.99. The predicted molar refractivity (Wildman–Crippen MR) is 84.0 cm³/mol. The maximum atomic E-state index is 12.2. The second-order valence-electron chi connectivity index (χ2n) is 5.11. The van der Waals surface area contributed by atoms with Crippen molar-refractivity contribution in [1.29, 1.82) is 0 Å². The fourth-order valence-electron chi connectivity index (χ4n) is 2.43. The highest BCUT2D eigenvalue weighted by Gasteiger charge is 2.31. The Balaban J connectivity index is 2.08. The SMILES string of the molecule is CNC(=O)c1cc2ccc(=O)n(-c3ccc(OC(F)(F)F)cc3)c2[nH]1. The smallest absolute Gasteiger partial charge is 0.406 e. The average molecular weight is 351 g/mol. The van der Waals surface area contributed by atoms with Gasteiger partial charge in [0.15, 0.2) is 0 Å². The highest BCUT2D eigenvalue weighted by Crippen LogP contribution is 2.24. The largest absolute Gasteiger partial charge is 0.573 e. The number of ether oxygens (including phenoxy) is 1. The molecule has 3 aromatic rings. The first-order valence-electron chi connectivity index (χ1n) is 7.11. The summed E-state index contributed by atoms with van der Waals surface area (Å²) >= 11 is 0. The third kappa shape index (κ3) is 3.35. The normalized spacial score (nSPS) is 11.5. The van der Waals surface area contributed by atoms with Crippen LogP contribution in [0.2, 0.25) is 0 Å². The van der Waals surface area contributed by atoms with Crippen LogP contribution in [-0.2, 0) is 0 Å². The summed E-state index contributed by atoms with van der Waals surface area (Å²) in [5.74, 6) is -0.752. The lowest BCUT2D eigenvalue weighted by molar-refractivity contribution is -0.274. The molecule has 0 saturated heterocycles. The van der Waals surface area contributed by atoms with Gasteiger partial charge in [0.25, 0.3) is 11.5 Å². The van der Waals surface area contributed by atoms with Crippen molar-refractivity contribution in [3.63, 3.8) is 0 Å². The van der Waals surface area contributed by atoms with Gasteiger partial charge in [0.2, 0.25) is 0 Å². The minimum Gasteiger partial charge on any atom is -0.406 e. The monoisotopic (exact) mass is 351 g/mol. The van der Waals surface area contributed by atoms with Gasteiger partial charge in [-0.1, -0.05) is 0 Å². The zero-order valence-corrected chi connectivity index (χ0v) is 12.8. The molecule has 2 aromatic heterocycles. The molecule has 2 heterocycles. The number of carbonyl (C=O) groups is 1. The molecule has 0 unspecified atom stereocenters. The van der Waals surface area contributed by atoms with E-state index < -0.39 is 17.7 Å². The molecule has 1 aromatic carbocycles. The fourth-order valence-corrected chi connectivity index (χ4v) is 2.43. The zero-order chi connectivity index (χ0) is 18.2. The molecular formula is C16H12F3N3O3. The minimum absolute atomic E-state index is 0.258. The van der Waals surface area contributed by atoms with Gasteiger partial charge in [0.05, 0.1) is 5.69 Å². The molecule has 6 nitrogen and oxygen atoms in total. The number of pyridine rings is 1. The number of alkyl halides is 3. The van der Waals surface area contributed by atoms with Crippen LogP contribution >= 0.6 is 0 Å². The molecule has 0 radical (unpaired) electrons. The van der Waals surface area contributed by atoms with Crippen molar-refractivity contribution in [2.24, 2.45) is 0 Å². The van der Waals surface area contributed by atoms with Crippen molar-refractivity contribution in [3.05, 3.63) is 58.5 Å². The molecule has 1 amide bonds. The second kappa shape index (κ2) is 6.00. The van der Waals surface area contributed by atoms with Crippen molar-refractivity contribution >= 4 is 16.9 Å². The van der Waals surface area contributed by atoms with Crippen LogP contribution in [0.3, 0.4) is 0 Å². The molecule has 3 rings (SSSR count). The van der Waals surface area contributed by atoms with Gasteiger partial charge >= 0.3 is 6.36 Å². The Hall–Kier alpha value is -3.23. The number of aromatic amines is 1. The molecule has 0 bridgehead atoms. The maximum absolute atomic E-state index is 12.2. The Morgan fingerprint density at radius 2 is 1.84 bits per heavy atom. The molecule has 0 aliphatic heterocycles. The van der Waals surface area contributed by atoms with Gasteiger partial charge in [0, 0.05) is 18.5 Å². The van der Waals surface area contributed by atoms with Crippen LogP contribution in [0.15, 0.2) is 47.3 Å². The molecule has 2 N–H and O–H groups in total. The third-order valence-corrected chi connectivity index (χ3v) is 3.48. The number of halogens is 3. The zero-order valence-electron chi connectivity index (χ0n) is 12.8. The fraction of sp³-hybridized carbons (Fsp3) is 0.125. The molecule has 130 valence electrons. The average Bonchev–Trinajstić information content (AvgIpc) is 2.98. The van der Waals surface area contributed by atoms with Crippen LogP contribution in [0.5, 0.6) is 5.75 Å². The van der Waals surface area contributed by atoms with E-state index >= 15 is 0 Å². The molecule has 0 saturated carbocycles. The first kappa shape index (κ1) is 16.6. The third-order valence-electron chi connectivity index (χ3n) is 3.48. The predicted octanol–water partition coefficient (Wildman–Crippen LogP) is 2.58. The van der Waals surface area contributed by atoms with Gasteiger partial charge in [-0.2, -0.15) is 0 Å². The Morgan fingerprint density at radius 3 is 2.44 bits per heavy atom. The summed E-state index contributed by atoms with van der Waals surface area (Å²) in [4.78, 5) is 26.8. The summed E-state index contributed by atoms with van der Waals surface area (Å²) in [6, 6.07) is 9.30. The van der Waals surface area contributed by atoms with E-state index in [0.717, 1.165) is 12.1 Å². The number of H-pyrrole nitrogens is 1. The van der Waals surface area contributed by atoms with E-state index in [0.29, 0.717) is 16.7 Å². The van der Waals surface area contributed by atoms with Gasteiger partial charge in [-0.05, 0) is 36.4 Å². The molecule has 0 spiro atoms. The van der Waals surface area contributed by atoms with Gasteiger partial charge in [0.1, 0.15) is 17.1 Å². The molecule has 0 atom stereocenters. The first-order valence-corrected chi connectivity index (χ1v) is 7.11. The Bertz CT molecular complexity index is 988. The van der Waals surface area contributed by atoms with Gasteiger partial charge in [-0.15, -0.1) is 13.2 Å². The lowest BCUT2D eigenvalue weighted by atomic mass is 10.2. The van der Waals surface area contributed by atoms with E-state index in [1.54, 1.807) is 12.1 Å². The summed E-state index contributed by atoms with van der Waals surface area (Å²) in [5.41, 5.74) is 0.544. The number of benzene rings is 1. The second-order valence-corrected chi connectivity index (χ2v) is 5.11. The van der Waals surface area contributed by atoms with Crippen LogP contribution in [0.1, 0.15) is 10.5 Å². The van der Waals surface area contributed by atoms with Crippen molar-refractivity contribution in [3.8, 4) is 11.4 Å². The van der Waals surface area contributed by atoms with E-state index in [4.69, 9.17) is 0 Å². The number of hydrogen-bond acceptors (Lipinski definition) is 3. The van der Waals surface area contributed by atoms with E-state index in [-0.39, 0.29) is 11.6 Å². The van der Waals surface area contributed by atoms with Crippen LogP contribution in [-0.4, -0.2) is 28.9 Å². The van der Waals surface area contributed by atoms with Crippen molar-refractivity contribution < 1.29 is 22.7 Å². The lowest BCUT2D eigenvalue weighted by Crippen LogP contribution is -2.19. The maximum Gasteiger partial charge on any atom is 0.573 e. The van der Waals surface area contributed by atoms with Crippen molar-refractivity contribution in [2.75, 3.05) is 7.05 Å². The number of aromatic nitrogens is 2. The van der Waals surface area contributed by atoms with Crippen LogP contribution < -0.4 is 15.6 Å². The summed E-state index contributed by atoms with van der Waals surface area (Å²) in [7, 11) is 1.47. The van der Waals surface area contributed by atoms with Crippen LogP contribution in [0.4, 0.5) is 13.2 Å². The van der Waals surface area contributed by atoms with E-state index in [9.17, 15) is 22.8 Å². The molecule has 0 aliphatic carbocycles. The molecule has 9 heteroatoms. The van der Waals surface area contributed by atoms with Crippen LogP contribution in [0.25, 0.3) is 16.7 Å². The van der Waals surface area contributed by atoms with Crippen LogP contribution in [0, 0.1) is 0 Å². The van der Waals surface area contributed by atoms with Gasteiger partial charge in [-0.3, -0.25) is 14.2 Å². The summed E-state index contributed by atoms with van der Waals surface area (Å²) in [6.07, 6.45) is -4.79.